The van der Waals surface area contributed by atoms with Gasteiger partial charge in [-0.3, -0.25) is 0 Å². The fourth-order valence-corrected chi connectivity index (χ4v) is 4.41. The first-order chi connectivity index (χ1) is 10.4. The molecule has 1 atom stereocenters. The monoisotopic (exact) mass is 319 g/mol. The Kier molecular flexibility index (Phi) is 3.28. The van der Waals surface area contributed by atoms with Crippen LogP contribution in [0.25, 0.3) is 0 Å². The molecule has 0 aromatic heterocycles. The van der Waals surface area contributed by atoms with Crippen LogP contribution in [0.2, 0.25) is 0 Å². The topological polar surface area (TPSA) is 46.2 Å². The molecule has 2 aromatic rings. The van der Waals surface area contributed by atoms with Crippen molar-refractivity contribution in [2.45, 2.75) is 16.9 Å². The van der Waals surface area contributed by atoms with Crippen molar-refractivity contribution < 1.29 is 17.2 Å². The van der Waals surface area contributed by atoms with Gasteiger partial charge in [0.15, 0.2) is 11.6 Å². The maximum atomic E-state index is 13.6. The molecule has 1 N–H and O–H groups in total. The van der Waals surface area contributed by atoms with Crippen molar-refractivity contribution in [3.05, 3.63) is 65.2 Å². The summed E-state index contributed by atoms with van der Waals surface area (Å²) >= 11 is 0. The van der Waals surface area contributed by atoms with Crippen LogP contribution >= 0.6 is 0 Å². The van der Waals surface area contributed by atoms with Crippen LogP contribution in [-0.4, -0.2) is 8.42 Å². The highest BCUT2D eigenvalue weighted by Crippen LogP contribution is 2.43. The van der Waals surface area contributed by atoms with E-state index in [1.807, 2.05) is 0 Å². The van der Waals surface area contributed by atoms with Crippen LogP contribution in [0.5, 0.6) is 0 Å². The van der Waals surface area contributed by atoms with E-state index in [1.54, 1.807) is 18.2 Å². The lowest BCUT2D eigenvalue weighted by atomic mass is 9.81. The number of sulfonamides is 1. The maximum absolute atomic E-state index is 13.6. The van der Waals surface area contributed by atoms with Crippen LogP contribution in [0.15, 0.2) is 47.4 Å². The Bertz CT molecular complexity index is 903. The van der Waals surface area contributed by atoms with Gasteiger partial charge in [-0.15, -0.1) is 12.3 Å². The van der Waals surface area contributed by atoms with Crippen LogP contribution in [0, 0.1) is 24.0 Å². The van der Waals surface area contributed by atoms with Crippen LogP contribution < -0.4 is 4.72 Å². The summed E-state index contributed by atoms with van der Waals surface area (Å²) in [4.78, 5) is 0.0926. The Balaban J connectivity index is 2.32. The molecule has 1 unspecified atom stereocenters. The van der Waals surface area contributed by atoms with Crippen molar-refractivity contribution in [2.75, 3.05) is 0 Å². The molecular formula is C16H11F2NO2S. The zero-order valence-electron chi connectivity index (χ0n) is 11.3. The number of fused-ring (bicyclic) bond motifs is 1. The molecule has 3 nitrogen and oxygen atoms in total. The fraction of sp³-hybridized carbons (Fsp3) is 0.125. The molecule has 1 heterocycles. The van der Waals surface area contributed by atoms with Gasteiger partial charge in [0.25, 0.3) is 0 Å². The van der Waals surface area contributed by atoms with E-state index >= 15 is 0 Å². The van der Waals surface area contributed by atoms with E-state index in [0.29, 0.717) is 5.56 Å². The highest BCUT2D eigenvalue weighted by atomic mass is 32.2. The molecule has 0 aliphatic carbocycles. The molecule has 0 saturated carbocycles. The standard InChI is InChI=1S/C16H11F2NO2S/c1-2-9-16(11-7-8-13(17)14(18)10-11)12-5-3-4-6-15(12)22(20,21)19-16/h1,3-8,10,19H,9H2. The Morgan fingerprint density at radius 3 is 2.55 bits per heavy atom. The number of terminal acetylenes is 1. The molecular weight excluding hydrogens is 308 g/mol. The lowest BCUT2D eigenvalue weighted by Gasteiger charge is -2.28. The first-order valence-corrected chi connectivity index (χ1v) is 7.91. The number of hydrogen-bond donors (Lipinski definition) is 1. The summed E-state index contributed by atoms with van der Waals surface area (Å²) in [5, 5.41) is 0. The van der Waals surface area contributed by atoms with Crippen molar-refractivity contribution in [3.63, 3.8) is 0 Å². The largest absolute Gasteiger partial charge is 0.242 e. The second-order valence-electron chi connectivity index (χ2n) is 5.02. The number of halogens is 2. The van der Waals surface area contributed by atoms with Crippen LogP contribution in [0.1, 0.15) is 17.5 Å². The number of benzene rings is 2. The zero-order chi connectivity index (χ0) is 16.0. The smallest absolute Gasteiger partial charge is 0.207 e. The van der Waals surface area contributed by atoms with Crippen molar-refractivity contribution in [1.82, 2.24) is 4.72 Å². The predicted octanol–water partition coefficient (Wildman–Crippen LogP) is 2.52. The van der Waals surface area contributed by atoms with Gasteiger partial charge in [-0.2, -0.15) is 4.72 Å². The average Bonchev–Trinajstić information content (AvgIpc) is 2.72. The predicted molar refractivity (Wildman–Crippen MR) is 77.4 cm³/mol. The molecule has 3 rings (SSSR count). The van der Waals surface area contributed by atoms with Gasteiger partial charge in [-0.25, -0.2) is 17.2 Å². The normalized spacial score (nSPS) is 22.0. The first kappa shape index (κ1) is 14.7. The summed E-state index contributed by atoms with van der Waals surface area (Å²) in [6, 6.07) is 9.60. The summed E-state index contributed by atoms with van der Waals surface area (Å²) in [5.74, 6) is 0.355. The number of hydrogen-bond acceptors (Lipinski definition) is 2. The molecule has 2 aromatic carbocycles. The second kappa shape index (κ2) is 4.90. The van der Waals surface area contributed by atoms with E-state index in [-0.39, 0.29) is 16.9 Å². The van der Waals surface area contributed by atoms with Crippen molar-refractivity contribution in [1.29, 1.82) is 0 Å². The molecule has 0 saturated heterocycles. The summed E-state index contributed by atoms with van der Waals surface area (Å²) in [7, 11) is -3.77. The average molecular weight is 319 g/mol. The van der Waals surface area contributed by atoms with Crippen molar-refractivity contribution in [2.24, 2.45) is 0 Å². The highest BCUT2D eigenvalue weighted by Gasteiger charge is 2.47. The minimum atomic E-state index is -3.77. The Labute approximate surface area is 127 Å². The van der Waals surface area contributed by atoms with E-state index in [2.05, 4.69) is 10.6 Å². The molecule has 0 bridgehead atoms. The Morgan fingerprint density at radius 1 is 1.14 bits per heavy atom. The third-order valence-electron chi connectivity index (χ3n) is 3.72. The van der Waals surface area contributed by atoms with Crippen molar-refractivity contribution >= 4 is 10.0 Å². The molecule has 0 spiro atoms. The van der Waals surface area contributed by atoms with E-state index in [0.717, 1.165) is 12.1 Å². The molecule has 1 aliphatic rings. The van der Waals surface area contributed by atoms with E-state index in [4.69, 9.17) is 6.42 Å². The molecule has 0 fully saturated rings. The molecule has 6 heteroatoms. The van der Waals surface area contributed by atoms with Gasteiger partial charge in [0.2, 0.25) is 10.0 Å². The third-order valence-corrected chi connectivity index (χ3v) is 5.28. The van der Waals surface area contributed by atoms with Gasteiger partial charge in [0.05, 0.1) is 10.4 Å². The summed E-state index contributed by atoms with van der Waals surface area (Å²) in [6.07, 6.45) is 5.37. The second-order valence-corrected chi connectivity index (χ2v) is 6.67. The van der Waals surface area contributed by atoms with Crippen LogP contribution in [-0.2, 0) is 15.6 Å². The minimum absolute atomic E-state index is 0.0195. The molecule has 0 radical (unpaired) electrons. The molecule has 22 heavy (non-hydrogen) atoms. The van der Waals surface area contributed by atoms with Gasteiger partial charge in [-0.1, -0.05) is 24.3 Å². The van der Waals surface area contributed by atoms with Gasteiger partial charge < -0.3 is 0 Å². The Morgan fingerprint density at radius 2 is 1.86 bits per heavy atom. The zero-order valence-corrected chi connectivity index (χ0v) is 12.1. The quantitative estimate of drug-likeness (QED) is 0.865. The van der Waals surface area contributed by atoms with Crippen LogP contribution in [0.4, 0.5) is 8.78 Å². The van der Waals surface area contributed by atoms with E-state index in [1.165, 1.54) is 12.1 Å². The van der Waals surface area contributed by atoms with Crippen LogP contribution in [0.3, 0.4) is 0 Å². The third kappa shape index (κ3) is 2.02. The number of nitrogens with one attached hydrogen (secondary N) is 1. The Hall–Kier alpha value is -2.23. The van der Waals surface area contributed by atoms with E-state index in [9.17, 15) is 17.2 Å². The SMILES string of the molecule is C#CCC1(c2ccc(F)c(F)c2)NS(=O)(=O)c2ccccc21. The molecule has 112 valence electrons. The molecule has 1 aliphatic heterocycles. The summed E-state index contributed by atoms with van der Waals surface area (Å²) < 4.78 is 54.0. The summed E-state index contributed by atoms with van der Waals surface area (Å²) in [6.45, 7) is 0. The molecule has 0 amide bonds. The van der Waals surface area contributed by atoms with Crippen molar-refractivity contribution in [3.8, 4) is 12.3 Å². The number of rotatable bonds is 2. The van der Waals surface area contributed by atoms with Gasteiger partial charge in [0.1, 0.15) is 0 Å². The highest BCUT2D eigenvalue weighted by molar-refractivity contribution is 7.89. The van der Waals surface area contributed by atoms with Gasteiger partial charge in [0, 0.05) is 6.42 Å². The lowest BCUT2D eigenvalue weighted by molar-refractivity contribution is 0.476. The summed E-state index contributed by atoms with van der Waals surface area (Å²) in [5.41, 5.74) is -0.601. The fourth-order valence-electron chi connectivity index (χ4n) is 2.76. The van der Waals surface area contributed by atoms with Gasteiger partial charge >= 0.3 is 0 Å². The first-order valence-electron chi connectivity index (χ1n) is 6.43. The maximum Gasteiger partial charge on any atom is 0.242 e. The minimum Gasteiger partial charge on any atom is -0.207 e. The van der Waals surface area contributed by atoms with E-state index < -0.39 is 27.2 Å². The van der Waals surface area contributed by atoms with Gasteiger partial charge in [-0.05, 0) is 29.3 Å². The lowest BCUT2D eigenvalue weighted by Crippen LogP contribution is -2.40.